The number of unbranched alkanes of at least 4 members (excludes halogenated alkanes) is 4. The molecule has 0 radical (unpaired) electrons. The summed E-state index contributed by atoms with van der Waals surface area (Å²) in [6, 6.07) is 0. The Morgan fingerprint density at radius 2 is 1.44 bits per heavy atom. The summed E-state index contributed by atoms with van der Waals surface area (Å²) in [4.78, 5) is 38.1. The summed E-state index contributed by atoms with van der Waals surface area (Å²) in [5.41, 5.74) is -0.125. The minimum atomic E-state index is -0.415. The van der Waals surface area contributed by atoms with Crippen molar-refractivity contribution in [3.63, 3.8) is 0 Å². The van der Waals surface area contributed by atoms with Crippen LogP contribution in [0.5, 0.6) is 0 Å². The number of rotatable bonds is 10. The highest BCUT2D eigenvalue weighted by Crippen LogP contribution is 2.76. The van der Waals surface area contributed by atoms with E-state index in [4.69, 9.17) is 4.74 Å². The van der Waals surface area contributed by atoms with Crippen molar-refractivity contribution < 1.29 is 19.1 Å². The Bertz CT molecular complexity index is 1120. The molecule has 5 fully saturated rings. The zero-order chi connectivity index (χ0) is 32.8. The average Bonchev–Trinajstić information content (AvgIpc) is 3.33. The Kier molecular flexibility index (Phi) is 9.87. The molecule has 0 aromatic rings. The largest absolute Gasteiger partial charge is 0.459 e. The Hall–Kier alpha value is -1.59. The van der Waals surface area contributed by atoms with Crippen LogP contribution in [0.1, 0.15) is 152 Å². The molecule has 0 bridgehead atoms. The summed E-state index contributed by atoms with van der Waals surface area (Å²) in [6.45, 7) is 20.1. The molecular formula is C39H66N2O4. The fourth-order valence-corrected chi connectivity index (χ4v) is 12.9. The van der Waals surface area contributed by atoms with Crippen molar-refractivity contribution in [1.82, 2.24) is 10.6 Å². The van der Waals surface area contributed by atoms with E-state index in [9.17, 15) is 14.4 Å². The van der Waals surface area contributed by atoms with E-state index in [-0.39, 0.29) is 33.5 Å². The molecule has 4 saturated carbocycles. The number of cyclic esters (lactones) is 1. The number of hydrogen-bond donors (Lipinski definition) is 2. The number of hydrogen-bond acceptors (Lipinski definition) is 4. The Morgan fingerprint density at radius 3 is 2.11 bits per heavy atom. The van der Waals surface area contributed by atoms with Crippen LogP contribution in [0.25, 0.3) is 0 Å². The Labute approximate surface area is 274 Å². The Balaban J connectivity index is 1.32. The molecule has 0 unspecified atom stereocenters. The lowest BCUT2D eigenvalue weighted by Crippen LogP contribution is -2.66. The number of esters is 1. The summed E-state index contributed by atoms with van der Waals surface area (Å²) in [6.07, 6.45) is 16.1. The summed E-state index contributed by atoms with van der Waals surface area (Å²) < 4.78 is 6.09. The first-order chi connectivity index (χ1) is 21.1. The molecule has 6 heteroatoms. The van der Waals surface area contributed by atoms with E-state index < -0.39 is 5.60 Å². The lowest BCUT2D eigenvalue weighted by Gasteiger charge is -2.71. The summed E-state index contributed by atoms with van der Waals surface area (Å²) in [5.74, 6) is 3.61. The fourth-order valence-electron chi connectivity index (χ4n) is 12.9. The van der Waals surface area contributed by atoms with Crippen molar-refractivity contribution in [3.8, 4) is 0 Å². The van der Waals surface area contributed by atoms with Crippen LogP contribution >= 0.6 is 0 Å². The molecule has 1 heterocycles. The molecule has 4 aliphatic carbocycles. The molecular weight excluding hydrogens is 560 g/mol. The first kappa shape index (κ1) is 34.7. The maximum Gasteiger partial charge on any atom is 0.306 e. The molecule has 2 amide bonds. The van der Waals surface area contributed by atoms with E-state index in [0.29, 0.717) is 47.8 Å². The summed E-state index contributed by atoms with van der Waals surface area (Å²) >= 11 is 0. The second-order valence-corrected chi connectivity index (χ2v) is 17.9. The predicted molar refractivity (Wildman–Crippen MR) is 180 cm³/mol. The minimum Gasteiger partial charge on any atom is -0.459 e. The van der Waals surface area contributed by atoms with E-state index in [1.165, 1.54) is 25.7 Å². The standard InChI is InChI=1S/C39H66N2O4/c1-26(2)28-16-21-39(34(44)41-25-13-11-9-10-12-24-40-27(3)42)23-22-37(7)29(33(28)39)14-15-31-36(6)19-18-32(43)45-35(4,5)30(36)17-20-38(31,37)8/h26,28-31,33H,9-25H2,1-8H3,(H,40,42)(H,41,44)/t28-,29+,30-,31+,33+,36-,37+,38+,39-/m0/s1. The van der Waals surface area contributed by atoms with Gasteiger partial charge in [-0.2, -0.15) is 0 Å². The van der Waals surface area contributed by atoms with Gasteiger partial charge in [-0.3, -0.25) is 14.4 Å². The van der Waals surface area contributed by atoms with Crippen LogP contribution in [0.3, 0.4) is 0 Å². The fraction of sp³-hybridized carbons (Fsp3) is 0.923. The van der Waals surface area contributed by atoms with Crippen LogP contribution in [-0.4, -0.2) is 36.5 Å². The molecule has 1 saturated heterocycles. The molecule has 5 aliphatic rings. The smallest absolute Gasteiger partial charge is 0.306 e. The minimum absolute atomic E-state index is 0.0154. The molecule has 1 aliphatic heterocycles. The number of fused-ring (bicyclic) bond motifs is 7. The number of amides is 2. The van der Waals surface area contributed by atoms with Crippen LogP contribution < -0.4 is 10.6 Å². The molecule has 256 valence electrons. The van der Waals surface area contributed by atoms with Gasteiger partial charge >= 0.3 is 5.97 Å². The van der Waals surface area contributed by atoms with Crippen LogP contribution in [0.2, 0.25) is 0 Å². The monoisotopic (exact) mass is 627 g/mol. The van der Waals surface area contributed by atoms with Crippen molar-refractivity contribution in [1.29, 1.82) is 0 Å². The lowest BCUT2D eigenvalue weighted by molar-refractivity contribution is -0.234. The quantitative estimate of drug-likeness (QED) is 0.189. The van der Waals surface area contributed by atoms with Crippen LogP contribution in [0.15, 0.2) is 0 Å². The molecule has 9 atom stereocenters. The molecule has 0 aromatic heterocycles. The molecule has 0 aromatic carbocycles. The van der Waals surface area contributed by atoms with Gasteiger partial charge in [0.2, 0.25) is 11.8 Å². The second-order valence-electron chi connectivity index (χ2n) is 17.9. The highest BCUT2D eigenvalue weighted by molar-refractivity contribution is 5.83. The van der Waals surface area contributed by atoms with Gasteiger partial charge in [-0.05, 0) is 130 Å². The number of ether oxygens (including phenoxy) is 1. The number of nitrogens with one attached hydrogen (secondary N) is 2. The van der Waals surface area contributed by atoms with E-state index in [1.807, 2.05) is 0 Å². The molecule has 2 N–H and O–H groups in total. The highest BCUT2D eigenvalue weighted by Gasteiger charge is 2.71. The third-order valence-corrected chi connectivity index (χ3v) is 15.2. The first-order valence-corrected chi connectivity index (χ1v) is 18.9. The van der Waals surface area contributed by atoms with E-state index in [2.05, 4.69) is 59.1 Å². The van der Waals surface area contributed by atoms with Gasteiger partial charge in [0.05, 0.1) is 5.41 Å². The zero-order valence-electron chi connectivity index (χ0n) is 30.1. The van der Waals surface area contributed by atoms with Gasteiger partial charge in [0.1, 0.15) is 5.60 Å². The lowest BCUT2D eigenvalue weighted by atomic mass is 9.33. The molecule has 0 spiro atoms. The molecule has 6 nitrogen and oxygen atoms in total. The first-order valence-electron chi connectivity index (χ1n) is 18.9. The van der Waals surface area contributed by atoms with Crippen molar-refractivity contribution in [3.05, 3.63) is 0 Å². The maximum atomic E-state index is 14.3. The van der Waals surface area contributed by atoms with Gasteiger partial charge in [0.25, 0.3) is 0 Å². The predicted octanol–water partition coefficient (Wildman–Crippen LogP) is 8.22. The van der Waals surface area contributed by atoms with Gasteiger partial charge in [-0.1, -0.05) is 53.9 Å². The van der Waals surface area contributed by atoms with E-state index in [1.54, 1.807) is 6.92 Å². The number of carbonyl (C=O) groups is 3. The van der Waals surface area contributed by atoms with Crippen molar-refractivity contribution in [2.75, 3.05) is 13.1 Å². The van der Waals surface area contributed by atoms with E-state index >= 15 is 0 Å². The normalized spacial score (nSPS) is 42.0. The molecule has 5 rings (SSSR count). The number of carbonyl (C=O) groups excluding carboxylic acids is 3. The highest BCUT2D eigenvalue weighted by atomic mass is 16.6. The third kappa shape index (κ3) is 5.89. The van der Waals surface area contributed by atoms with Crippen LogP contribution in [0.4, 0.5) is 0 Å². The van der Waals surface area contributed by atoms with Gasteiger partial charge in [0.15, 0.2) is 0 Å². The summed E-state index contributed by atoms with van der Waals surface area (Å²) in [7, 11) is 0. The maximum absolute atomic E-state index is 14.3. The second kappa shape index (κ2) is 12.8. The third-order valence-electron chi connectivity index (χ3n) is 15.2. The van der Waals surface area contributed by atoms with Gasteiger partial charge in [0, 0.05) is 32.4 Å². The SMILES string of the molecule is CC(=O)NCCCCCCCNC(=O)[C@]12CC[C@@H](C(C)C)[C@@H]1[C@H]1CC[C@@H]3[C@@]4(C)CCC(=O)OC(C)(C)[C@@H]4CC[C@@]3(C)[C@]1(C)CC2. The van der Waals surface area contributed by atoms with E-state index in [0.717, 1.165) is 77.3 Å². The zero-order valence-corrected chi connectivity index (χ0v) is 30.1. The van der Waals surface area contributed by atoms with Crippen LogP contribution in [0, 0.1) is 57.2 Å². The van der Waals surface area contributed by atoms with Crippen molar-refractivity contribution in [2.45, 2.75) is 157 Å². The van der Waals surface area contributed by atoms with Crippen molar-refractivity contribution in [2.24, 2.45) is 57.2 Å². The van der Waals surface area contributed by atoms with Crippen LogP contribution in [-0.2, 0) is 19.1 Å². The van der Waals surface area contributed by atoms with Gasteiger partial charge in [-0.25, -0.2) is 0 Å². The topological polar surface area (TPSA) is 84.5 Å². The van der Waals surface area contributed by atoms with Gasteiger partial charge < -0.3 is 15.4 Å². The summed E-state index contributed by atoms with van der Waals surface area (Å²) in [5, 5.41) is 6.37. The van der Waals surface area contributed by atoms with Gasteiger partial charge in [-0.15, -0.1) is 0 Å². The van der Waals surface area contributed by atoms with Crippen molar-refractivity contribution >= 4 is 17.8 Å². The Morgan fingerprint density at radius 1 is 0.778 bits per heavy atom. The average molecular weight is 627 g/mol. The molecule has 45 heavy (non-hydrogen) atoms.